The smallest absolute Gasteiger partial charge is 0.134 e. The van der Waals surface area contributed by atoms with Gasteiger partial charge in [-0.3, -0.25) is 0 Å². The van der Waals surface area contributed by atoms with E-state index >= 15 is 0 Å². The second kappa shape index (κ2) is 5.20. The van der Waals surface area contributed by atoms with Gasteiger partial charge in [0.05, 0.1) is 16.9 Å². The number of benzene rings is 1. The van der Waals surface area contributed by atoms with Crippen molar-refractivity contribution in [2.24, 2.45) is 7.05 Å². The van der Waals surface area contributed by atoms with Gasteiger partial charge in [-0.15, -0.1) is 21.8 Å². The monoisotopic (exact) mass is 293 g/mol. The average molecular weight is 294 g/mol. The highest BCUT2D eigenvalue weighted by Crippen LogP contribution is 2.19. The van der Waals surface area contributed by atoms with Gasteiger partial charge in [-0.05, 0) is 18.2 Å². The molecule has 0 saturated heterocycles. The number of alkyl halides is 1. The fraction of sp³-hybridized carbons (Fsp3) is 0.308. The zero-order valence-electron chi connectivity index (χ0n) is 10.9. The second-order valence-electron chi connectivity index (χ2n) is 4.55. The van der Waals surface area contributed by atoms with Gasteiger partial charge in [-0.2, -0.15) is 0 Å². The van der Waals surface area contributed by atoms with Gasteiger partial charge in [0.25, 0.3) is 0 Å². The van der Waals surface area contributed by atoms with Crippen molar-refractivity contribution in [3.05, 3.63) is 42.0 Å². The summed E-state index contributed by atoms with van der Waals surface area (Å²) in [6.45, 7) is 0.633. The van der Waals surface area contributed by atoms with Gasteiger partial charge in [-0.25, -0.2) is 9.37 Å². The zero-order valence-corrected chi connectivity index (χ0v) is 11.7. The van der Waals surface area contributed by atoms with E-state index in [9.17, 15) is 4.39 Å². The molecule has 5 nitrogen and oxygen atoms in total. The maximum Gasteiger partial charge on any atom is 0.134 e. The number of halogens is 2. The molecule has 0 N–H and O–H groups in total. The minimum absolute atomic E-state index is 0.279. The van der Waals surface area contributed by atoms with Crippen LogP contribution in [0.15, 0.2) is 24.5 Å². The lowest BCUT2D eigenvalue weighted by molar-refractivity contribution is 0.623. The first-order chi connectivity index (χ1) is 9.69. The molecule has 2 heterocycles. The molecule has 0 bridgehead atoms. The molecule has 0 aliphatic carbocycles. The maximum absolute atomic E-state index is 13.4. The number of aromatic nitrogens is 5. The number of imidazole rings is 1. The molecule has 3 aromatic rings. The minimum atomic E-state index is -0.279. The average Bonchev–Trinajstić information content (AvgIpc) is 2.99. The van der Waals surface area contributed by atoms with E-state index in [2.05, 4.69) is 15.2 Å². The highest BCUT2D eigenvalue weighted by Gasteiger charge is 2.11. The normalized spacial score (nSPS) is 11.3. The van der Waals surface area contributed by atoms with E-state index in [0.717, 1.165) is 22.7 Å². The summed E-state index contributed by atoms with van der Waals surface area (Å²) in [5.74, 6) is 1.60. The second-order valence-corrected chi connectivity index (χ2v) is 4.82. The fourth-order valence-corrected chi connectivity index (χ4v) is 2.45. The molecule has 104 valence electrons. The molecule has 20 heavy (non-hydrogen) atoms. The van der Waals surface area contributed by atoms with E-state index in [4.69, 9.17) is 11.6 Å². The van der Waals surface area contributed by atoms with Crippen LogP contribution in [-0.2, 0) is 25.9 Å². The number of aryl methyl sites for hydroxylation is 3. The highest BCUT2D eigenvalue weighted by molar-refractivity contribution is 6.16. The third kappa shape index (κ3) is 2.27. The Labute approximate surface area is 120 Å². The molecule has 0 aliphatic heterocycles. The van der Waals surface area contributed by atoms with Gasteiger partial charge < -0.3 is 9.13 Å². The Morgan fingerprint density at radius 3 is 2.85 bits per heavy atom. The summed E-state index contributed by atoms with van der Waals surface area (Å²) < 4.78 is 17.2. The summed E-state index contributed by atoms with van der Waals surface area (Å²) in [6, 6.07) is 4.55. The molecule has 0 atom stereocenters. The van der Waals surface area contributed by atoms with E-state index in [1.54, 1.807) is 12.4 Å². The molecule has 3 rings (SSSR count). The van der Waals surface area contributed by atoms with Crippen molar-refractivity contribution in [1.82, 2.24) is 24.3 Å². The molecule has 0 aliphatic rings. The Kier molecular flexibility index (Phi) is 3.40. The van der Waals surface area contributed by atoms with Crippen LogP contribution >= 0.6 is 11.6 Å². The van der Waals surface area contributed by atoms with Crippen molar-refractivity contribution in [3.8, 4) is 0 Å². The van der Waals surface area contributed by atoms with E-state index < -0.39 is 0 Å². The molecule has 1 aromatic carbocycles. The first-order valence-corrected chi connectivity index (χ1v) is 6.76. The summed E-state index contributed by atoms with van der Waals surface area (Å²) >= 11 is 5.92. The summed E-state index contributed by atoms with van der Waals surface area (Å²) in [7, 11) is 1.89. The number of fused-ring (bicyclic) bond motifs is 1. The summed E-state index contributed by atoms with van der Waals surface area (Å²) in [4.78, 5) is 4.42. The summed E-state index contributed by atoms with van der Waals surface area (Å²) in [5, 5.41) is 7.88. The Hall–Kier alpha value is -1.95. The van der Waals surface area contributed by atoms with Crippen molar-refractivity contribution in [1.29, 1.82) is 0 Å². The fourth-order valence-electron chi connectivity index (χ4n) is 2.24. The van der Waals surface area contributed by atoms with Gasteiger partial charge in [0.2, 0.25) is 0 Å². The van der Waals surface area contributed by atoms with Crippen molar-refractivity contribution < 1.29 is 4.39 Å². The number of nitrogens with zero attached hydrogens (tertiary/aromatic N) is 5. The zero-order chi connectivity index (χ0) is 14.1. The molecular weight excluding hydrogens is 281 g/mol. The van der Waals surface area contributed by atoms with E-state index in [1.165, 1.54) is 12.1 Å². The van der Waals surface area contributed by atoms with Gasteiger partial charge in [0.1, 0.15) is 23.8 Å². The van der Waals surface area contributed by atoms with E-state index in [-0.39, 0.29) is 11.7 Å². The van der Waals surface area contributed by atoms with Crippen LogP contribution in [0.2, 0.25) is 0 Å². The van der Waals surface area contributed by atoms with E-state index in [0.29, 0.717) is 13.0 Å². The van der Waals surface area contributed by atoms with Crippen LogP contribution in [0.4, 0.5) is 4.39 Å². The highest BCUT2D eigenvalue weighted by atomic mass is 35.5. The van der Waals surface area contributed by atoms with Gasteiger partial charge in [-0.1, -0.05) is 0 Å². The largest absolute Gasteiger partial charge is 0.326 e. The number of rotatable bonds is 4. The lowest BCUT2D eigenvalue weighted by Crippen LogP contribution is -2.08. The van der Waals surface area contributed by atoms with E-state index in [1.807, 2.05) is 16.2 Å². The van der Waals surface area contributed by atoms with Crippen LogP contribution in [0.25, 0.3) is 11.0 Å². The Morgan fingerprint density at radius 2 is 2.15 bits per heavy atom. The third-order valence-electron chi connectivity index (χ3n) is 3.27. The minimum Gasteiger partial charge on any atom is -0.326 e. The Balaban J connectivity index is 1.97. The van der Waals surface area contributed by atoms with Gasteiger partial charge in [0, 0.05) is 20.0 Å². The van der Waals surface area contributed by atoms with Crippen LogP contribution in [0, 0.1) is 5.82 Å². The molecule has 0 fully saturated rings. The molecule has 0 radical (unpaired) electrons. The predicted molar refractivity (Wildman–Crippen MR) is 74.0 cm³/mol. The van der Waals surface area contributed by atoms with Gasteiger partial charge in [0.15, 0.2) is 0 Å². The number of hydrogen-bond donors (Lipinski definition) is 0. The summed E-state index contributed by atoms with van der Waals surface area (Å²) in [5.41, 5.74) is 1.50. The molecule has 2 aromatic heterocycles. The molecule has 0 amide bonds. The molecular formula is C13H13ClFN5. The summed E-state index contributed by atoms with van der Waals surface area (Å²) in [6.07, 6.45) is 2.34. The Morgan fingerprint density at radius 1 is 1.30 bits per heavy atom. The quantitative estimate of drug-likeness (QED) is 0.694. The van der Waals surface area contributed by atoms with Crippen LogP contribution < -0.4 is 0 Å². The maximum atomic E-state index is 13.4. The molecule has 0 spiro atoms. The molecule has 0 unspecified atom stereocenters. The van der Waals surface area contributed by atoms with Crippen LogP contribution in [0.1, 0.15) is 11.6 Å². The van der Waals surface area contributed by atoms with Crippen molar-refractivity contribution in [2.75, 3.05) is 0 Å². The predicted octanol–water partition coefficient (Wildman–Crippen LogP) is 2.29. The van der Waals surface area contributed by atoms with Crippen molar-refractivity contribution in [3.63, 3.8) is 0 Å². The third-order valence-corrected chi connectivity index (χ3v) is 3.51. The Bertz CT molecular complexity index is 748. The van der Waals surface area contributed by atoms with Crippen molar-refractivity contribution >= 4 is 22.6 Å². The number of hydrogen-bond acceptors (Lipinski definition) is 3. The lowest BCUT2D eigenvalue weighted by atomic mass is 10.3. The van der Waals surface area contributed by atoms with Gasteiger partial charge >= 0.3 is 0 Å². The first-order valence-electron chi connectivity index (χ1n) is 6.22. The topological polar surface area (TPSA) is 48.5 Å². The van der Waals surface area contributed by atoms with Crippen LogP contribution in [0.5, 0.6) is 0 Å². The first kappa shape index (κ1) is 13.1. The standard InChI is InChI=1S/C13H13ClFN5/c1-19-8-16-18-12(19)4-5-20-11-6-9(15)2-3-10(11)17-13(20)7-14/h2-3,6,8H,4-5,7H2,1H3. The lowest BCUT2D eigenvalue weighted by Gasteiger charge is -2.07. The van der Waals surface area contributed by atoms with Crippen molar-refractivity contribution in [2.45, 2.75) is 18.8 Å². The molecule has 7 heteroatoms. The van der Waals surface area contributed by atoms with Crippen LogP contribution in [0.3, 0.4) is 0 Å². The SMILES string of the molecule is Cn1cnnc1CCn1c(CCl)nc2ccc(F)cc21. The molecule has 0 saturated carbocycles. The van der Waals surface area contributed by atoms with Crippen LogP contribution in [-0.4, -0.2) is 24.3 Å².